The van der Waals surface area contributed by atoms with Gasteiger partial charge in [-0.2, -0.15) is 0 Å². The van der Waals surface area contributed by atoms with Crippen molar-refractivity contribution in [1.82, 2.24) is 4.90 Å². The number of halogens is 2. The van der Waals surface area contributed by atoms with Crippen LogP contribution in [0.3, 0.4) is 0 Å². The largest absolute Gasteiger partial charge is 0.508 e. The number of benzene rings is 3. The first-order valence-electron chi connectivity index (χ1n) is 10.3. The Morgan fingerprint density at radius 3 is 2.38 bits per heavy atom. The average Bonchev–Trinajstić information content (AvgIpc) is 2.80. The van der Waals surface area contributed by atoms with Gasteiger partial charge in [-0.05, 0) is 61.4 Å². The maximum absolute atomic E-state index is 14.0. The molecule has 1 heterocycles. The molecule has 0 atom stereocenters. The highest BCUT2D eigenvalue weighted by atomic mass is 35.5. The van der Waals surface area contributed by atoms with Crippen LogP contribution in [0.2, 0.25) is 5.02 Å². The predicted molar refractivity (Wildman–Crippen MR) is 123 cm³/mol. The molecule has 1 saturated heterocycles. The molecule has 0 bridgehead atoms. The summed E-state index contributed by atoms with van der Waals surface area (Å²) in [6.07, 6.45) is 1.04. The van der Waals surface area contributed by atoms with Crippen molar-refractivity contribution in [2.45, 2.75) is 22.6 Å². The highest BCUT2D eigenvalue weighted by molar-refractivity contribution is 7.99. The van der Waals surface area contributed by atoms with E-state index in [2.05, 4.69) is 0 Å². The number of carbonyl (C=O) groups excluding carboxylic acids is 2. The van der Waals surface area contributed by atoms with Crippen LogP contribution in [-0.4, -0.2) is 34.8 Å². The number of hydrogen-bond acceptors (Lipinski definition) is 4. The first kappa shape index (κ1) is 22.4. The van der Waals surface area contributed by atoms with Crippen LogP contribution in [0.5, 0.6) is 5.75 Å². The van der Waals surface area contributed by atoms with Gasteiger partial charge in [-0.1, -0.05) is 41.6 Å². The number of carbonyl (C=O) groups is 2. The fourth-order valence-corrected chi connectivity index (χ4v) is 4.91. The standard InChI is InChI=1S/C25H21ClFNO3S/c26-18-2-1-3-21(14-18)32-20-7-4-16(5-8-20)24(30)17-10-12-28(13-11-17)25(31)22-15-19(29)6-9-23(22)27/h1-9,14-15,17,29H,10-13H2. The molecule has 1 fully saturated rings. The van der Waals surface area contributed by atoms with Crippen LogP contribution < -0.4 is 0 Å². The van der Waals surface area contributed by atoms with E-state index in [1.165, 1.54) is 11.0 Å². The molecule has 0 aliphatic carbocycles. The molecule has 0 saturated carbocycles. The quantitative estimate of drug-likeness (QED) is 0.461. The Balaban J connectivity index is 1.36. The van der Waals surface area contributed by atoms with Crippen molar-refractivity contribution in [2.75, 3.05) is 13.1 Å². The van der Waals surface area contributed by atoms with Crippen LogP contribution in [0.4, 0.5) is 4.39 Å². The summed E-state index contributed by atoms with van der Waals surface area (Å²) in [4.78, 5) is 29.1. The number of phenolic OH excluding ortho intramolecular Hbond substituents is 1. The number of nitrogens with zero attached hydrogens (tertiary/aromatic N) is 1. The fraction of sp³-hybridized carbons (Fsp3) is 0.200. The third kappa shape index (κ3) is 5.14. The number of Topliss-reactive ketones (excluding diaryl/α,β-unsaturated/α-hetero) is 1. The van der Waals surface area contributed by atoms with Crippen molar-refractivity contribution < 1.29 is 19.1 Å². The molecular weight excluding hydrogens is 449 g/mol. The number of aromatic hydroxyl groups is 1. The molecule has 3 aromatic carbocycles. The van der Waals surface area contributed by atoms with E-state index < -0.39 is 11.7 Å². The number of likely N-dealkylation sites (tertiary alicyclic amines) is 1. The molecule has 0 aromatic heterocycles. The number of hydrogen-bond donors (Lipinski definition) is 1. The monoisotopic (exact) mass is 469 g/mol. The second-order valence-corrected chi connectivity index (χ2v) is 9.26. The molecule has 4 nitrogen and oxygen atoms in total. The van der Waals surface area contributed by atoms with Crippen molar-refractivity contribution in [1.29, 1.82) is 0 Å². The molecule has 1 amide bonds. The van der Waals surface area contributed by atoms with E-state index in [0.29, 0.717) is 36.5 Å². The van der Waals surface area contributed by atoms with E-state index in [0.717, 1.165) is 21.9 Å². The summed E-state index contributed by atoms with van der Waals surface area (Å²) in [5.41, 5.74) is 0.492. The number of rotatable bonds is 5. The Labute approximate surface area is 195 Å². The van der Waals surface area contributed by atoms with Crippen molar-refractivity contribution in [2.24, 2.45) is 5.92 Å². The summed E-state index contributed by atoms with van der Waals surface area (Å²) >= 11 is 7.60. The van der Waals surface area contributed by atoms with Gasteiger partial charge in [0.05, 0.1) is 5.56 Å². The van der Waals surface area contributed by atoms with Gasteiger partial charge in [-0.15, -0.1) is 0 Å². The van der Waals surface area contributed by atoms with Crippen molar-refractivity contribution >= 4 is 35.1 Å². The third-order valence-corrected chi connectivity index (χ3v) is 6.74. The highest BCUT2D eigenvalue weighted by Gasteiger charge is 2.29. The van der Waals surface area contributed by atoms with Gasteiger partial charge in [0.15, 0.2) is 5.78 Å². The van der Waals surface area contributed by atoms with Gasteiger partial charge in [0.2, 0.25) is 0 Å². The molecule has 1 aliphatic rings. The average molecular weight is 470 g/mol. The topological polar surface area (TPSA) is 57.6 Å². The Morgan fingerprint density at radius 2 is 1.69 bits per heavy atom. The van der Waals surface area contributed by atoms with E-state index >= 15 is 0 Å². The molecule has 32 heavy (non-hydrogen) atoms. The van der Waals surface area contributed by atoms with Crippen molar-refractivity contribution in [3.63, 3.8) is 0 Å². The lowest BCUT2D eigenvalue weighted by atomic mass is 9.88. The summed E-state index contributed by atoms with van der Waals surface area (Å²) in [5, 5.41) is 10.2. The lowest BCUT2D eigenvalue weighted by molar-refractivity contribution is 0.0646. The number of amides is 1. The van der Waals surface area contributed by atoms with Gasteiger partial charge < -0.3 is 10.0 Å². The number of piperidine rings is 1. The molecule has 0 spiro atoms. The van der Waals surface area contributed by atoms with E-state index in [9.17, 15) is 19.1 Å². The van der Waals surface area contributed by atoms with Crippen LogP contribution in [-0.2, 0) is 0 Å². The Morgan fingerprint density at radius 1 is 0.969 bits per heavy atom. The van der Waals surface area contributed by atoms with Gasteiger partial charge >= 0.3 is 0 Å². The molecule has 1 N–H and O–H groups in total. The molecule has 0 radical (unpaired) electrons. The Hall–Kier alpha value is -2.83. The van der Waals surface area contributed by atoms with E-state index in [1.54, 1.807) is 11.8 Å². The molecule has 1 aliphatic heterocycles. The first-order valence-corrected chi connectivity index (χ1v) is 11.5. The minimum absolute atomic E-state index is 0.0555. The molecule has 7 heteroatoms. The summed E-state index contributed by atoms with van der Waals surface area (Å²) < 4.78 is 14.0. The van der Waals surface area contributed by atoms with Crippen molar-refractivity contribution in [3.8, 4) is 5.75 Å². The van der Waals surface area contributed by atoms with E-state index in [1.807, 2.05) is 48.5 Å². The van der Waals surface area contributed by atoms with Gasteiger partial charge in [-0.3, -0.25) is 9.59 Å². The smallest absolute Gasteiger partial charge is 0.256 e. The second kappa shape index (κ2) is 9.76. The molecule has 3 aromatic rings. The fourth-order valence-electron chi connectivity index (χ4n) is 3.78. The SMILES string of the molecule is O=C(c1ccc(Sc2cccc(Cl)c2)cc1)C1CCN(C(=O)c2cc(O)ccc2F)CC1. The summed E-state index contributed by atoms with van der Waals surface area (Å²) in [7, 11) is 0. The normalized spacial score (nSPS) is 14.4. The second-order valence-electron chi connectivity index (χ2n) is 7.68. The summed E-state index contributed by atoms with van der Waals surface area (Å²) in [6.45, 7) is 0.736. The third-order valence-electron chi connectivity index (χ3n) is 5.50. The van der Waals surface area contributed by atoms with Gasteiger partial charge in [0, 0.05) is 39.4 Å². The number of ketones is 1. The molecule has 4 rings (SSSR count). The zero-order valence-corrected chi connectivity index (χ0v) is 18.7. The molecule has 0 unspecified atom stereocenters. The van der Waals surface area contributed by atoms with Gasteiger partial charge in [0.1, 0.15) is 11.6 Å². The zero-order chi connectivity index (χ0) is 22.7. The van der Waals surface area contributed by atoms with Crippen LogP contribution in [0.1, 0.15) is 33.6 Å². The molecular formula is C25H21ClFNO3S. The minimum Gasteiger partial charge on any atom is -0.508 e. The van der Waals surface area contributed by atoms with Crippen LogP contribution in [0.25, 0.3) is 0 Å². The Bertz CT molecular complexity index is 1140. The first-order chi connectivity index (χ1) is 15.4. The van der Waals surface area contributed by atoms with Gasteiger partial charge in [-0.25, -0.2) is 4.39 Å². The summed E-state index contributed by atoms with van der Waals surface area (Å²) in [6, 6.07) is 18.5. The number of phenols is 1. The van der Waals surface area contributed by atoms with Gasteiger partial charge in [0.25, 0.3) is 5.91 Å². The lowest BCUT2D eigenvalue weighted by Crippen LogP contribution is -2.40. The lowest BCUT2D eigenvalue weighted by Gasteiger charge is -2.31. The molecule has 164 valence electrons. The van der Waals surface area contributed by atoms with Crippen LogP contribution in [0, 0.1) is 11.7 Å². The predicted octanol–water partition coefficient (Wildman–Crippen LogP) is 6.07. The van der Waals surface area contributed by atoms with E-state index in [-0.39, 0.29) is 23.0 Å². The maximum Gasteiger partial charge on any atom is 0.256 e. The van der Waals surface area contributed by atoms with Crippen LogP contribution >= 0.6 is 23.4 Å². The zero-order valence-electron chi connectivity index (χ0n) is 17.1. The van der Waals surface area contributed by atoms with E-state index in [4.69, 9.17) is 11.6 Å². The maximum atomic E-state index is 14.0. The highest BCUT2D eigenvalue weighted by Crippen LogP contribution is 2.30. The minimum atomic E-state index is -0.665. The van der Waals surface area contributed by atoms with Crippen molar-refractivity contribution in [3.05, 3.63) is 88.7 Å². The van der Waals surface area contributed by atoms with Crippen LogP contribution in [0.15, 0.2) is 76.5 Å². The Kier molecular flexibility index (Phi) is 6.82. The summed E-state index contributed by atoms with van der Waals surface area (Å²) in [5.74, 6) is -1.41.